The largest absolute Gasteiger partial charge is 0.298 e. The van der Waals surface area contributed by atoms with Crippen molar-refractivity contribution in [3.05, 3.63) is 35.9 Å². The van der Waals surface area contributed by atoms with Crippen LogP contribution in [0.4, 0.5) is 0 Å². The van der Waals surface area contributed by atoms with Gasteiger partial charge in [0.2, 0.25) is 0 Å². The Kier molecular flexibility index (Phi) is 1.70. The minimum atomic E-state index is 0.0624. The third kappa shape index (κ3) is 1.25. The average molecular weight is 161 g/mol. The maximum absolute atomic E-state index is 10.9. The van der Waals surface area contributed by atoms with Crippen LogP contribution in [0, 0.1) is 0 Å². The van der Waals surface area contributed by atoms with Gasteiger partial charge in [0.25, 0.3) is 0 Å². The summed E-state index contributed by atoms with van der Waals surface area (Å²) in [5, 5.41) is 3.13. The minimum Gasteiger partial charge on any atom is -0.298 e. The van der Waals surface area contributed by atoms with Crippen LogP contribution < -0.4 is 5.32 Å². The number of nitrogens with one attached hydrogen (secondary N) is 1. The number of hydrogen-bond donors (Lipinski definition) is 1. The number of ketones is 1. The lowest BCUT2D eigenvalue weighted by Crippen LogP contribution is -2.03. The zero-order chi connectivity index (χ0) is 8.55. The number of carbonyl (C=O) groups is 1. The van der Waals surface area contributed by atoms with Gasteiger partial charge in [0.15, 0.2) is 0 Å². The lowest BCUT2D eigenvalue weighted by Gasteiger charge is -1.93. The van der Waals surface area contributed by atoms with Crippen LogP contribution in [0.3, 0.4) is 0 Å². The predicted octanol–water partition coefficient (Wildman–Crippen LogP) is 1.29. The summed E-state index contributed by atoms with van der Waals surface area (Å²) in [6.45, 7) is 1.63. The molecule has 1 N–H and O–H groups in total. The SMILES string of the molecule is CC(=O)[C@@H]1N[C@H]1c1ccccc1. The summed E-state index contributed by atoms with van der Waals surface area (Å²) >= 11 is 0. The van der Waals surface area contributed by atoms with E-state index >= 15 is 0 Å². The van der Waals surface area contributed by atoms with Crippen molar-refractivity contribution in [2.24, 2.45) is 0 Å². The van der Waals surface area contributed by atoms with E-state index < -0.39 is 0 Å². The molecule has 12 heavy (non-hydrogen) atoms. The molecule has 2 heteroatoms. The van der Waals surface area contributed by atoms with E-state index in [1.165, 1.54) is 5.56 Å². The Morgan fingerprint density at radius 1 is 1.33 bits per heavy atom. The van der Waals surface area contributed by atoms with Gasteiger partial charge < -0.3 is 0 Å². The van der Waals surface area contributed by atoms with Crippen LogP contribution >= 0.6 is 0 Å². The molecule has 62 valence electrons. The van der Waals surface area contributed by atoms with Crippen molar-refractivity contribution in [3.8, 4) is 0 Å². The molecular weight excluding hydrogens is 150 g/mol. The summed E-state index contributed by atoms with van der Waals surface area (Å²) in [5.74, 6) is 0.226. The molecule has 0 amide bonds. The number of hydrogen-bond acceptors (Lipinski definition) is 2. The molecule has 1 aliphatic heterocycles. The first kappa shape index (κ1) is 7.50. The van der Waals surface area contributed by atoms with Crippen molar-refractivity contribution < 1.29 is 4.79 Å². The number of benzene rings is 1. The maximum Gasteiger partial charge on any atom is 0.148 e. The monoisotopic (exact) mass is 161 g/mol. The first-order valence-electron chi connectivity index (χ1n) is 4.10. The Hall–Kier alpha value is -1.15. The van der Waals surface area contributed by atoms with E-state index in [1.54, 1.807) is 6.92 Å². The van der Waals surface area contributed by atoms with Crippen molar-refractivity contribution in [2.75, 3.05) is 0 Å². The van der Waals surface area contributed by atoms with Crippen molar-refractivity contribution in [1.82, 2.24) is 5.32 Å². The number of carbonyl (C=O) groups excluding carboxylic acids is 1. The highest BCUT2D eigenvalue weighted by atomic mass is 16.1. The molecule has 0 aromatic heterocycles. The third-order valence-corrected chi connectivity index (χ3v) is 2.18. The highest BCUT2D eigenvalue weighted by Gasteiger charge is 2.40. The molecule has 0 unspecified atom stereocenters. The molecule has 1 aromatic rings. The van der Waals surface area contributed by atoms with Gasteiger partial charge in [-0.25, -0.2) is 0 Å². The Balaban J connectivity index is 2.11. The lowest BCUT2D eigenvalue weighted by molar-refractivity contribution is -0.116. The minimum absolute atomic E-state index is 0.0624. The molecule has 0 bridgehead atoms. The molecule has 0 saturated carbocycles. The van der Waals surface area contributed by atoms with Gasteiger partial charge in [0, 0.05) is 0 Å². The molecule has 2 atom stereocenters. The van der Waals surface area contributed by atoms with Crippen molar-refractivity contribution >= 4 is 5.78 Å². The van der Waals surface area contributed by atoms with Gasteiger partial charge in [-0.05, 0) is 12.5 Å². The van der Waals surface area contributed by atoms with Crippen molar-refractivity contribution in [1.29, 1.82) is 0 Å². The van der Waals surface area contributed by atoms with E-state index in [4.69, 9.17) is 0 Å². The van der Waals surface area contributed by atoms with Gasteiger partial charge in [-0.3, -0.25) is 10.1 Å². The lowest BCUT2D eigenvalue weighted by atomic mass is 10.1. The van der Waals surface area contributed by atoms with Gasteiger partial charge >= 0.3 is 0 Å². The molecular formula is C10H11NO. The summed E-state index contributed by atoms with van der Waals surface area (Å²) in [6, 6.07) is 10.4. The van der Waals surface area contributed by atoms with Crippen LogP contribution in [0.1, 0.15) is 18.5 Å². The van der Waals surface area contributed by atoms with Gasteiger partial charge in [0.05, 0.1) is 12.1 Å². The molecule has 0 radical (unpaired) electrons. The average Bonchev–Trinajstić information content (AvgIpc) is 2.84. The number of Topliss-reactive ketones (excluding diaryl/α,β-unsaturated/α-hetero) is 1. The van der Waals surface area contributed by atoms with E-state index in [-0.39, 0.29) is 17.9 Å². The van der Waals surface area contributed by atoms with Gasteiger partial charge in [-0.15, -0.1) is 0 Å². The van der Waals surface area contributed by atoms with Gasteiger partial charge in [0.1, 0.15) is 5.78 Å². The fraction of sp³-hybridized carbons (Fsp3) is 0.300. The Morgan fingerprint density at radius 2 is 2.00 bits per heavy atom. The second-order valence-electron chi connectivity index (χ2n) is 3.14. The topological polar surface area (TPSA) is 39.0 Å². The normalized spacial score (nSPS) is 26.8. The van der Waals surface area contributed by atoms with E-state index in [0.29, 0.717) is 0 Å². The molecule has 0 spiro atoms. The second-order valence-corrected chi connectivity index (χ2v) is 3.14. The van der Waals surface area contributed by atoms with E-state index in [1.807, 2.05) is 30.3 Å². The first-order valence-corrected chi connectivity index (χ1v) is 4.10. The van der Waals surface area contributed by atoms with Gasteiger partial charge in [-0.2, -0.15) is 0 Å². The quantitative estimate of drug-likeness (QED) is 0.664. The highest BCUT2D eigenvalue weighted by molar-refractivity contribution is 5.85. The molecule has 1 fully saturated rings. The zero-order valence-corrected chi connectivity index (χ0v) is 6.95. The third-order valence-electron chi connectivity index (χ3n) is 2.18. The van der Waals surface area contributed by atoms with Crippen LogP contribution in [0.25, 0.3) is 0 Å². The second kappa shape index (κ2) is 2.72. The smallest absolute Gasteiger partial charge is 0.148 e. The van der Waals surface area contributed by atoms with Crippen LogP contribution in [0.5, 0.6) is 0 Å². The van der Waals surface area contributed by atoms with E-state index in [0.717, 1.165) is 0 Å². The summed E-state index contributed by atoms with van der Waals surface area (Å²) in [4.78, 5) is 10.9. The maximum atomic E-state index is 10.9. The summed E-state index contributed by atoms with van der Waals surface area (Å²) in [7, 11) is 0. The number of rotatable bonds is 2. The predicted molar refractivity (Wildman–Crippen MR) is 46.8 cm³/mol. The van der Waals surface area contributed by atoms with E-state index in [9.17, 15) is 4.79 Å². The Bertz CT molecular complexity index is 294. The van der Waals surface area contributed by atoms with Gasteiger partial charge in [-0.1, -0.05) is 30.3 Å². The molecule has 1 aliphatic rings. The molecule has 1 aromatic carbocycles. The zero-order valence-electron chi connectivity index (χ0n) is 6.95. The Labute approximate surface area is 71.6 Å². The van der Waals surface area contributed by atoms with Crippen molar-refractivity contribution in [3.63, 3.8) is 0 Å². The van der Waals surface area contributed by atoms with E-state index in [2.05, 4.69) is 5.32 Å². The molecule has 1 heterocycles. The molecule has 1 saturated heterocycles. The molecule has 0 aliphatic carbocycles. The fourth-order valence-corrected chi connectivity index (χ4v) is 1.44. The van der Waals surface area contributed by atoms with Crippen LogP contribution in [0.15, 0.2) is 30.3 Å². The first-order chi connectivity index (χ1) is 5.79. The Morgan fingerprint density at radius 3 is 2.50 bits per heavy atom. The van der Waals surface area contributed by atoms with Crippen LogP contribution in [-0.4, -0.2) is 11.8 Å². The standard InChI is InChI=1S/C10H11NO/c1-7(12)9-10(11-9)8-5-3-2-4-6-8/h2-6,9-11H,1H3/t9-,10-/m0/s1. The highest BCUT2D eigenvalue weighted by Crippen LogP contribution is 2.29. The summed E-state index contributed by atoms with van der Waals surface area (Å²) in [6.07, 6.45) is 0. The van der Waals surface area contributed by atoms with Crippen molar-refractivity contribution in [2.45, 2.75) is 19.0 Å². The summed E-state index contributed by atoms with van der Waals surface area (Å²) in [5.41, 5.74) is 1.21. The molecule has 2 rings (SSSR count). The van der Waals surface area contributed by atoms with Crippen LogP contribution in [0.2, 0.25) is 0 Å². The van der Waals surface area contributed by atoms with Crippen LogP contribution in [-0.2, 0) is 4.79 Å². The fourth-order valence-electron chi connectivity index (χ4n) is 1.44. The molecule has 2 nitrogen and oxygen atoms in total. The summed E-state index contributed by atoms with van der Waals surface area (Å²) < 4.78 is 0.